The number of pyridine rings is 2. The van der Waals surface area contributed by atoms with E-state index in [-0.39, 0.29) is 18.0 Å². The highest BCUT2D eigenvalue weighted by molar-refractivity contribution is 6.16. The van der Waals surface area contributed by atoms with Crippen molar-refractivity contribution in [3.8, 4) is 22.5 Å². The van der Waals surface area contributed by atoms with Gasteiger partial charge in [0.05, 0.1) is 11.1 Å². The highest BCUT2D eigenvalue weighted by Gasteiger charge is 2.52. The van der Waals surface area contributed by atoms with Crippen molar-refractivity contribution in [1.29, 1.82) is 0 Å². The van der Waals surface area contributed by atoms with Crippen LogP contribution in [0.4, 0.5) is 0 Å². The van der Waals surface area contributed by atoms with E-state index in [0.717, 1.165) is 43.9 Å². The summed E-state index contributed by atoms with van der Waals surface area (Å²) >= 11 is 0. The Bertz CT molecular complexity index is 2460. The zero-order valence-corrected chi connectivity index (χ0v) is 23.3. The van der Waals surface area contributed by atoms with E-state index in [0.29, 0.717) is 0 Å². The van der Waals surface area contributed by atoms with E-state index in [9.17, 15) is 0 Å². The third-order valence-electron chi connectivity index (χ3n) is 9.69. The Hall–Kier alpha value is -5.48. The molecule has 2 aliphatic rings. The molecule has 10 rings (SSSR count). The molecule has 43 heavy (non-hydrogen) atoms. The highest BCUT2D eigenvalue weighted by Crippen LogP contribution is 2.51. The minimum atomic E-state index is 0.0639. The van der Waals surface area contributed by atoms with Gasteiger partial charge in [0.25, 0.3) is 0 Å². The van der Waals surface area contributed by atoms with Crippen LogP contribution in [-0.4, -0.2) is 0 Å². The van der Waals surface area contributed by atoms with Crippen molar-refractivity contribution in [3.05, 3.63) is 145 Å². The normalized spacial score (nSPS) is 18.6. The fourth-order valence-electron chi connectivity index (χ4n) is 7.95. The number of furan rings is 2. The topological polar surface area (TPSA) is 34.0 Å². The lowest BCUT2D eigenvalue weighted by atomic mass is 9.76. The number of nitrogens with zero attached hydrogens (tertiary/aromatic N) is 2. The lowest BCUT2D eigenvalue weighted by Crippen LogP contribution is -2.52. The summed E-state index contributed by atoms with van der Waals surface area (Å²) in [5.41, 5.74) is 11.0. The standard InChI is InChI=1S/C39H26N2O2/c1-2-30-36(25-13-4-3-11-23(25)31-14-7-9-19-40(30)31)38-27-18-17-26-29-22-34-28(24-12-5-6-16-33(24)42-34)21-35(29)43-39(26)37(27)32-15-8-10-20-41(32)38/h2-22,30,36,38H,1H2/q+2. The Morgan fingerprint density at radius 3 is 2.19 bits per heavy atom. The van der Waals surface area contributed by atoms with Gasteiger partial charge >= 0.3 is 0 Å². The smallest absolute Gasteiger partial charge is 0.217 e. The Morgan fingerprint density at radius 2 is 1.30 bits per heavy atom. The molecule has 6 heterocycles. The molecule has 4 aromatic heterocycles. The molecule has 4 aromatic carbocycles. The van der Waals surface area contributed by atoms with Crippen LogP contribution in [0.3, 0.4) is 0 Å². The third kappa shape index (κ3) is 2.95. The maximum absolute atomic E-state index is 6.81. The molecule has 0 saturated heterocycles. The highest BCUT2D eigenvalue weighted by atomic mass is 16.3. The average molecular weight is 555 g/mol. The Kier molecular flexibility index (Phi) is 4.46. The molecule has 4 heteroatoms. The van der Waals surface area contributed by atoms with E-state index < -0.39 is 0 Å². The van der Waals surface area contributed by atoms with Crippen LogP contribution in [0.25, 0.3) is 66.4 Å². The zero-order chi connectivity index (χ0) is 28.2. The number of para-hydroxylation sites is 1. The van der Waals surface area contributed by atoms with Crippen molar-refractivity contribution in [2.75, 3.05) is 0 Å². The van der Waals surface area contributed by atoms with Crippen LogP contribution in [-0.2, 0) is 0 Å². The fraction of sp³-hybridized carbons (Fsp3) is 0.0769. The molecule has 0 amide bonds. The predicted octanol–water partition coefficient (Wildman–Crippen LogP) is 8.82. The van der Waals surface area contributed by atoms with Crippen molar-refractivity contribution >= 4 is 43.9 Å². The van der Waals surface area contributed by atoms with Crippen LogP contribution < -0.4 is 9.13 Å². The van der Waals surface area contributed by atoms with E-state index in [1.807, 2.05) is 12.1 Å². The Labute approximate surface area is 247 Å². The van der Waals surface area contributed by atoms with Gasteiger partial charge in [0.15, 0.2) is 24.5 Å². The van der Waals surface area contributed by atoms with Crippen LogP contribution in [0.5, 0.6) is 0 Å². The van der Waals surface area contributed by atoms with Crippen molar-refractivity contribution in [1.82, 2.24) is 0 Å². The zero-order valence-electron chi connectivity index (χ0n) is 23.3. The van der Waals surface area contributed by atoms with Gasteiger partial charge in [-0.25, -0.2) is 0 Å². The lowest BCUT2D eigenvalue weighted by Gasteiger charge is -2.30. The van der Waals surface area contributed by atoms with Crippen LogP contribution in [0.15, 0.2) is 143 Å². The van der Waals surface area contributed by atoms with E-state index in [1.54, 1.807) is 0 Å². The number of hydrogen-bond acceptors (Lipinski definition) is 2. The van der Waals surface area contributed by atoms with E-state index in [2.05, 4.69) is 131 Å². The van der Waals surface area contributed by atoms with Gasteiger partial charge in [-0.05, 0) is 54.1 Å². The van der Waals surface area contributed by atoms with E-state index in [4.69, 9.17) is 8.83 Å². The quantitative estimate of drug-likeness (QED) is 0.158. The first-order chi connectivity index (χ1) is 21.3. The summed E-state index contributed by atoms with van der Waals surface area (Å²) in [6, 6.07) is 39.0. The molecule has 202 valence electrons. The minimum absolute atomic E-state index is 0.0639. The SMILES string of the molecule is C=CC1C(C2c3ccc4c(oc5cc6c(cc54)oc4ccccc46)c3-c3cccc[n+]32)c2ccccc2-c2cccc[n+]21. The first-order valence-corrected chi connectivity index (χ1v) is 14.8. The molecule has 0 N–H and O–H groups in total. The maximum atomic E-state index is 6.81. The molecule has 0 bridgehead atoms. The summed E-state index contributed by atoms with van der Waals surface area (Å²) in [7, 11) is 0. The summed E-state index contributed by atoms with van der Waals surface area (Å²) in [6.07, 6.45) is 6.53. The summed E-state index contributed by atoms with van der Waals surface area (Å²) in [5, 5.41) is 4.37. The molecule has 2 aliphatic heterocycles. The van der Waals surface area contributed by atoms with Gasteiger partial charge in [0.2, 0.25) is 11.4 Å². The van der Waals surface area contributed by atoms with Gasteiger partial charge in [-0.3, -0.25) is 0 Å². The van der Waals surface area contributed by atoms with Crippen LogP contribution in [0.2, 0.25) is 0 Å². The lowest BCUT2D eigenvalue weighted by molar-refractivity contribution is -0.739. The molecule has 8 aromatic rings. The minimum Gasteiger partial charge on any atom is -0.456 e. The van der Waals surface area contributed by atoms with Crippen LogP contribution in [0, 0.1) is 0 Å². The molecule has 4 nitrogen and oxygen atoms in total. The number of benzene rings is 4. The van der Waals surface area contributed by atoms with Crippen molar-refractivity contribution in [3.63, 3.8) is 0 Å². The van der Waals surface area contributed by atoms with Crippen LogP contribution in [0.1, 0.15) is 29.1 Å². The molecule has 0 fully saturated rings. The molecular weight excluding hydrogens is 528 g/mol. The predicted molar refractivity (Wildman–Crippen MR) is 169 cm³/mol. The number of fused-ring (bicyclic) bond motifs is 13. The monoisotopic (exact) mass is 554 g/mol. The largest absolute Gasteiger partial charge is 0.456 e. The van der Waals surface area contributed by atoms with Gasteiger partial charge < -0.3 is 8.83 Å². The van der Waals surface area contributed by atoms with Crippen molar-refractivity contribution in [2.45, 2.75) is 18.0 Å². The summed E-state index contributed by atoms with van der Waals surface area (Å²) < 4.78 is 17.9. The summed E-state index contributed by atoms with van der Waals surface area (Å²) in [6.45, 7) is 4.35. The second-order valence-electron chi connectivity index (χ2n) is 11.7. The Balaban J connectivity index is 1.25. The molecule has 3 unspecified atom stereocenters. The van der Waals surface area contributed by atoms with Gasteiger partial charge in [0, 0.05) is 51.4 Å². The van der Waals surface area contributed by atoms with Gasteiger partial charge in [-0.2, -0.15) is 9.13 Å². The molecule has 0 radical (unpaired) electrons. The van der Waals surface area contributed by atoms with Gasteiger partial charge in [-0.15, -0.1) is 0 Å². The van der Waals surface area contributed by atoms with Crippen LogP contribution >= 0.6 is 0 Å². The second kappa shape index (κ2) is 8.30. The second-order valence-corrected chi connectivity index (χ2v) is 11.7. The molecule has 3 atom stereocenters. The molecule has 0 aliphatic carbocycles. The van der Waals surface area contributed by atoms with E-state index >= 15 is 0 Å². The molecule has 0 spiro atoms. The maximum Gasteiger partial charge on any atom is 0.217 e. The summed E-state index contributed by atoms with van der Waals surface area (Å²) in [4.78, 5) is 0. The van der Waals surface area contributed by atoms with Crippen molar-refractivity contribution < 1.29 is 18.0 Å². The average Bonchev–Trinajstić information content (AvgIpc) is 3.72. The Morgan fingerprint density at radius 1 is 0.581 bits per heavy atom. The van der Waals surface area contributed by atoms with Gasteiger partial charge in [0.1, 0.15) is 28.2 Å². The number of allylic oxidation sites excluding steroid dienone is 1. The fourth-order valence-corrected chi connectivity index (χ4v) is 7.95. The van der Waals surface area contributed by atoms with E-state index in [1.165, 1.54) is 33.6 Å². The first kappa shape index (κ1) is 23.1. The number of rotatable bonds is 2. The molecule has 0 saturated carbocycles. The number of hydrogen-bond donors (Lipinski definition) is 0. The number of aromatic nitrogens is 2. The van der Waals surface area contributed by atoms with Gasteiger partial charge in [-0.1, -0.05) is 49.0 Å². The third-order valence-corrected chi connectivity index (χ3v) is 9.69. The first-order valence-electron chi connectivity index (χ1n) is 14.8. The van der Waals surface area contributed by atoms with Crippen molar-refractivity contribution in [2.24, 2.45) is 0 Å². The summed E-state index contributed by atoms with van der Waals surface area (Å²) in [5.74, 6) is 0.136. The molecular formula is C39H26N2O2+2.